The highest BCUT2D eigenvalue weighted by Gasteiger charge is 2.40. The Labute approximate surface area is 168 Å². The van der Waals surface area contributed by atoms with Crippen LogP contribution >= 0.6 is 22.9 Å². The number of Topliss-reactive ketones (excluding diaryl/α,β-unsaturated/α-hetero) is 2. The van der Waals surface area contributed by atoms with Crippen molar-refractivity contribution in [2.75, 3.05) is 13.2 Å². The summed E-state index contributed by atoms with van der Waals surface area (Å²) < 4.78 is 5.38. The molecule has 1 aromatic heterocycles. The Balaban J connectivity index is 1.61. The van der Waals surface area contributed by atoms with E-state index in [9.17, 15) is 9.59 Å². The van der Waals surface area contributed by atoms with Crippen molar-refractivity contribution in [3.63, 3.8) is 0 Å². The van der Waals surface area contributed by atoms with Gasteiger partial charge in [-0.25, -0.2) is 0 Å². The Morgan fingerprint density at radius 3 is 2.56 bits per heavy atom. The van der Waals surface area contributed by atoms with Gasteiger partial charge in [0.2, 0.25) is 0 Å². The van der Waals surface area contributed by atoms with E-state index < -0.39 is 5.92 Å². The SMILES string of the molecule is Cc1sc(-c2ccc(Cl)cc2)cc1C1C(=O)C/C(=C\C2CCOCC2)C1=O. The molecule has 1 aromatic carbocycles. The standard InChI is InChI=1S/C22H21ClO3S/c1-13-18(12-20(27-13)15-2-4-17(23)5-3-15)21-19(24)11-16(22(21)25)10-14-6-8-26-9-7-14/h2-5,10,12,14,21H,6-9,11H2,1H3/b16-10+. The maximum Gasteiger partial charge on any atom is 0.173 e. The van der Waals surface area contributed by atoms with Gasteiger partial charge < -0.3 is 4.74 Å². The molecule has 4 rings (SSSR count). The highest BCUT2D eigenvalue weighted by Crippen LogP contribution is 2.40. The number of hydrogen-bond donors (Lipinski definition) is 0. The average molecular weight is 401 g/mol. The zero-order chi connectivity index (χ0) is 19.0. The zero-order valence-corrected chi connectivity index (χ0v) is 16.7. The van der Waals surface area contributed by atoms with E-state index in [1.165, 1.54) is 0 Å². The van der Waals surface area contributed by atoms with Gasteiger partial charge >= 0.3 is 0 Å². The summed E-state index contributed by atoms with van der Waals surface area (Å²) in [5, 5.41) is 0.691. The summed E-state index contributed by atoms with van der Waals surface area (Å²) in [6, 6.07) is 9.64. The summed E-state index contributed by atoms with van der Waals surface area (Å²) in [5.74, 6) is -0.303. The number of thiophene rings is 1. The molecule has 2 heterocycles. The van der Waals surface area contributed by atoms with Gasteiger partial charge in [0.1, 0.15) is 5.92 Å². The minimum absolute atomic E-state index is 0.0156. The molecule has 5 heteroatoms. The predicted molar refractivity (Wildman–Crippen MR) is 109 cm³/mol. The van der Waals surface area contributed by atoms with Gasteiger partial charge in [0.15, 0.2) is 11.6 Å². The van der Waals surface area contributed by atoms with Gasteiger partial charge in [-0.15, -0.1) is 11.3 Å². The maximum absolute atomic E-state index is 13.0. The highest BCUT2D eigenvalue weighted by atomic mass is 35.5. The molecule has 1 unspecified atom stereocenters. The van der Waals surface area contributed by atoms with Crippen LogP contribution in [0.4, 0.5) is 0 Å². The predicted octanol–water partition coefficient (Wildman–Crippen LogP) is 5.36. The number of carbonyl (C=O) groups excluding carboxylic acids is 2. The molecule has 1 saturated carbocycles. The van der Waals surface area contributed by atoms with Crippen LogP contribution in [0.25, 0.3) is 10.4 Å². The molecule has 2 aliphatic rings. The number of halogens is 1. The summed E-state index contributed by atoms with van der Waals surface area (Å²) in [6.07, 6.45) is 4.14. The fraction of sp³-hybridized carbons (Fsp3) is 0.364. The number of aryl methyl sites for hydroxylation is 1. The monoisotopic (exact) mass is 400 g/mol. The van der Waals surface area contributed by atoms with Crippen LogP contribution in [0.1, 0.15) is 35.6 Å². The van der Waals surface area contributed by atoms with Gasteiger partial charge in [-0.3, -0.25) is 9.59 Å². The molecule has 27 heavy (non-hydrogen) atoms. The highest BCUT2D eigenvalue weighted by molar-refractivity contribution is 7.15. The molecule has 0 radical (unpaired) electrons. The van der Waals surface area contributed by atoms with Crippen LogP contribution < -0.4 is 0 Å². The third-order valence-electron chi connectivity index (χ3n) is 5.36. The molecule has 2 fully saturated rings. The van der Waals surface area contributed by atoms with Gasteiger partial charge in [0.05, 0.1) is 0 Å². The first-order valence-corrected chi connectivity index (χ1v) is 10.4. The molecular formula is C22H21ClO3S. The lowest BCUT2D eigenvalue weighted by atomic mass is 9.93. The lowest BCUT2D eigenvalue weighted by Gasteiger charge is -2.19. The molecular weight excluding hydrogens is 380 g/mol. The number of rotatable bonds is 3. The number of ketones is 2. The fourth-order valence-corrected chi connectivity index (χ4v) is 5.06. The van der Waals surface area contributed by atoms with E-state index in [1.807, 2.05) is 43.3 Å². The maximum atomic E-state index is 13.0. The normalized spacial score (nSPS) is 22.7. The fourth-order valence-electron chi connectivity index (χ4n) is 3.87. The smallest absolute Gasteiger partial charge is 0.173 e. The quantitative estimate of drug-likeness (QED) is 0.514. The summed E-state index contributed by atoms with van der Waals surface area (Å²) in [7, 11) is 0. The van der Waals surface area contributed by atoms with E-state index in [0.717, 1.165) is 46.9 Å². The van der Waals surface area contributed by atoms with E-state index in [-0.39, 0.29) is 18.0 Å². The van der Waals surface area contributed by atoms with E-state index >= 15 is 0 Å². The molecule has 0 amide bonds. The van der Waals surface area contributed by atoms with Gasteiger partial charge in [0.25, 0.3) is 0 Å². The Bertz CT molecular complexity index is 904. The van der Waals surface area contributed by atoms with Gasteiger partial charge in [-0.2, -0.15) is 0 Å². The average Bonchev–Trinajstić information content (AvgIpc) is 3.16. The van der Waals surface area contributed by atoms with Crippen molar-refractivity contribution >= 4 is 34.5 Å². The van der Waals surface area contributed by atoms with Crippen LogP contribution in [-0.4, -0.2) is 24.8 Å². The minimum Gasteiger partial charge on any atom is -0.381 e. The number of ether oxygens (including phenoxy) is 1. The van der Waals surface area contributed by atoms with Crippen molar-refractivity contribution < 1.29 is 14.3 Å². The van der Waals surface area contributed by atoms with E-state index in [2.05, 4.69) is 0 Å². The van der Waals surface area contributed by atoms with Crippen molar-refractivity contribution in [1.82, 2.24) is 0 Å². The van der Waals surface area contributed by atoms with Gasteiger partial charge in [-0.1, -0.05) is 29.8 Å². The molecule has 2 aromatic rings. The summed E-state index contributed by atoms with van der Waals surface area (Å²) in [6.45, 7) is 3.45. The van der Waals surface area contributed by atoms with Crippen molar-refractivity contribution in [2.24, 2.45) is 5.92 Å². The molecule has 3 nitrogen and oxygen atoms in total. The van der Waals surface area contributed by atoms with Crippen LogP contribution in [0.15, 0.2) is 42.0 Å². The molecule has 1 atom stereocenters. The number of allylic oxidation sites excluding steroid dienone is 2. The topological polar surface area (TPSA) is 43.4 Å². The Kier molecular flexibility index (Phi) is 5.31. The molecule has 0 bridgehead atoms. The van der Waals surface area contributed by atoms with E-state index in [1.54, 1.807) is 11.3 Å². The Hall–Kier alpha value is -1.75. The lowest BCUT2D eigenvalue weighted by Crippen LogP contribution is -2.15. The molecule has 1 aliphatic heterocycles. The lowest BCUT2D eigenvalue weighted by molar-refractivity contribution is -0.123. The second kappa shape index (κ2) is 7.70. The second-order valence-electron chi connectivity index (χ2n) is 7.21. The van der Waals surface area contributed by atoms with Crippen LogP contribution in [0.5, 0.6) is 0 Å². The van der Waals surface area contributed by atoms with Crippen molar-refractivity contribution in [2.45, 2.75) is 32.1 Å². The number of benzene rings is 1. The summed E-state index contributed by atoms with van der Waals surface area (Å²) in [4.78, 5) is 27.8. The van der Waals surface area contributed by atoms with E-state index in [4.69, 9.17) is 16.3 Å². The van der Waals surface area contributed by atoms with Crippen LogP contribution in [0.3, 0.4) is 0 Å². The van der Waals surface area contributed by atoms with Gasteiger partial charge in [-0.05, 0) is 60.6 Å². The van der Waals surface area contributed by atoms with Crippen LogP contribution in [-0.2, 0) is 14.3 Å². The largest absolute Gasteiger partial charge is 0.381 e. The zero-order valence-electron chi connectivity index (χ0n) is 15.2. The minimum atomic E-state index is -0.645. The Morgan fingerprint density at radius 1 is 1.15 bits per heavy atom. The van der Waals surface area contributed by atoms with Crippen LogP contribution in [0.2, 0.25) is 5.02 Å². The molecule has 140 valence electrons. The molecule has 1 aliphatic carbocycles. The van der Waals surface area contributed by atoms with Crippen molar-refractivity contribution in [1.29, 1.82) is 0 Å². The van der Waals surface area contributed by atoms with Crippen molar-refractivity contribution in [3.8, 4) is 10.4 Å². The summed E-state index contributed by atoms with van der Waals surface area (Å²) >= 11 is 7.59. The third-order valence-corrected chi connectivity index (χ3v) is 6.73. The molecule has 0 spiro atoms. The first-order chi connectivity index (χ1) is 13.0. The van der Waals surface area contributed by atoms with Crippen LogP contribution in [0, 0.1) is 12.8 Å². The van der Waals surface area contributed by atoms with Crippen molar-refractivity contribution in [3.05, 3.63) is 57.4 Å². The van der Waals surface area contributed by atoms with E-state index in [0.29, 0.717) is 16.5 Å². The summed E-state index contributed by atoms with van der Waals surface area (Å²) in [5.41, 5.74) is 2.60. The third kappa shape index (κ3) is 3.79. The number of carbonyl (C=O) groups is 2. The Morgan fingerprint density at radius 2 is 1.85 bits per heavy atom. The van der Waals surface area contributed by atoms with Gasteiger partial charge in [0, 0.05) is 34.4 Å². The number of hydrogen-bond acceptors (Lipinski definition) is 4. The molecule has 0 N–H and O–H groups in total. The molecule has 1 saturated heterocycles. The second-order valence-corrected chi connectivity index (χ2v) is 8.90. The first-order valence-electron chi connectivity index (χ1n) is 9.24. The first kappa shape index (κ1) is 18.6.